The van der Waals surface area contributed by atoms with E-state index in [1.807, 2.05) is 54.7 Å². The Kier molecular flexibility index (Phi) is 6.87. The molecule has 3 aromatic rings. The van der Waals surface area contributed by atoms with E-state index in [-0.39, 0.29) is 17.4 Å². The zero-order valence-corrected chi connectivity index (χ0v) is 19.5. The Hall–Kier alpha value is -3.47. The summed E-state index contributed by atoms with van der Waals surface area (Å²) in [6.07, 6.45) is 6.26. The number of hydrogen-bond acceptors (Lipinski definition) is 4. The van der Waals surface area contributed by atoms with Gasteiger partial charge in [0.25, 0.3) is 5.91 Å². The van der Waals surface area contributed by atoms with Gasteiger partial charge in [0.2, 0.25) is 0 Å². The van der Waals surface area contributed by atoms with Crippen molar-refractivity contribution in [3.05, 3.63) is 89.2 Å². The molecule has 5 heteroatoms. The second-order valence-electron chi connectivity index (χ2n) is 9.05. The van der Waals surface area contributed by atoms with Crippen molar-refractivity contribution in [1.29, 1.82) is 0 Å². The van der Waals surface area contributed by atoms with Crippen LogP contribution >= 0.6 is 0 Å². The molecular formula is C28H31N3O2. The fourth-order valence-corrected chi connectivity index (χ4v) is 4.13. The van der Waals surface area contributed by atoms with Gasteiger partial charge in [-0.2, -0.15) is 0 Å². The molecule has 1 aliphatic rings. The first kappa shape index (κ1) is 22.7. The molecule has 0 saturated carbocycles. The number of ether oxygens (including phenoxy) is 1. The van der Waals surface area contributed by atoms with Gasteiger partial charge in [-0.05, 0) is 74.7 Å². The molecule has 0 bridgehead atoms. The van der Waals surface area contributed by atoms with Crippen LogP contribution in [0.25, 0.3) is 0 Å². The van der Waals surface area contributed by atoms with Gasteiger partial charge in [-0.3, -0.25) is 14.8 Å². The summed E-state index contributed by atoms with van der Waals surface area (Å²) in [6.45, 7) is 6.86. The van der Waals surface area contributed by atoms with Crippen molar-refractivity contribution < 1.29 is 9.53 Å². The van der Waals surface area contributed by atoms with E-state index in [1.54, 1.807) is 6.20 Å². The number of aryl methyl sites for hydroxylation is 1. The highest BCUT2D eigenvalue weighted by Crippen LogP contribution is 2.40. The van der Waals surface area contributed by atoms with Crippen molar-refractivity contribution in [2.24, 2.45) is 4.99 Å². The fraction of sp³-hybridized carbons (Fsp3) is 0.321. The summed E-state index contributed by atoms with van der Waals surface area (Å²) in [4.78, 5) is 21.8. The summed E-state index contributed by atoms with van der Waals surface area (Å²) in [6, 6.07) is 19.8. The molecule has 1 N–H and O–H groups in total. The van der Waals surface area contributed by atoms with E-state index in [2.05, 4.69) is 43.2 Å². The molecule has 1 aromatic heterocycles. The topological polar surface area (TPSA) is 63.6 Å². The van der Waals surface area contributed by atoms with Gasteiger partial charge in [0.1, 0.15) is 11.4 Å². The van der Waals surface area contributed by atoms with E-state index in [1.165, 1.54) is 5.56 Å². The third kappa shape index (κ3) is 5.86. The minimum Gasteiger partial charge on any atom is -0.488 e. The number of fused-ring (bicyclic) bond motifs is 1. The van der Waals surface area contributed by atoms with Gasteiger partial charge in [0.05, 0.1) is 5.69 Å². The highest BCUT2D eigenvalue weighted by Gasteiger charge is 2.33. The van der Waals surface area contributed by atoms with Crippen molar-refractivity contribution in [1.82, 2.24) is 10.3 Å². The molecule has 0 aliphatic carbocycles. The number of amides is 1. The average molecular weight is 442 g/mol. The SMILES string of the molecule is CCc1ccc(N=CC2CC(C)(C)Oc3ccc(C(=O)NCCc4ccccn4)cc32)cc1. The number of hydrogen-bond donors (Lipinski definition) is 1. The van der Waals surface area contributed by atoms with E-state index in [0.717, 1.165) is 35.5 Å². The van der Waals surface area contributed by atoms with Gasteiger partial charge >= 0.3 is 0 Å². The number of rotatable bonds is 7. The van der Waals surface area contributed by atoms with Crippen LogP contribution in [-0.4, -0.2) is 29.3 Å². The molecule has 0 spiro atoms. The quantitative estimate of drug-likeness (QED) is 0.481. The van der Waals surface area contributed by atoms with Gasteiger partial charge in [-0.15, -0.1) is 0 Å². The second-order valence-corrected chi connectivity index (χ2v) is 9.05. The second kappa shape index (κ2) is 9.99. The van der Waals surface area contributed by atoms with Crippen LogP contribution in [0.3, 0.4) is 0 Å². The molecule has 2 aromatic carbocycles. The molecule has 170 valence electrons. The Bertz CT molecular complexity index is 1120. The van der Waals surface area contributed by atoms with Gasteiger partial charge in [0, 0.05) is 48.1 Å². The lowest BCUT2D eigenvalue weighted by Gasteiger charge is -2.36. The molecule has 0 saturated heterocycles. The first-order chi connectivity index (χ1) is 15.9. The third-order valence-corrected chi connectivity index (χ3v) is 5.91. The third-order valence-electron chi connectivity index (χ3n) is 5.91. The number of benzene rings is 2. The lowest BCUT2D eigenvalue weighted by atomic mass is 9.84. The number of carbonyl (C=O) groups is 1. The Morgan fingerprint density at radius 1 is 1.18 bits per heavy atom. The molecule has 1 atom stereocenters. The van der Waals surface area contributed by atoms with Crippen molar-refractivity contribution in [2.75, 3.05) is 6.54 Å². The van der Waals surface area contributed by atoms with E-state index in [9.17, 15) is 4.79 Å². The van der Waals surface area contributed by atoms with Gasteiger partial charge in [-0.25, -0.2) is 0 Å². The van der Waals surface area contributed by atoms with Crippen molar-refractivity contribution in [3.63, 3.8) is 0 Å². The molecule has 0 fully saturated rings. The van der Waals surface area contributed by atoms with Crippen LogP contribution in [0, 0.1) is 0 Å². The van der Waals surface area contributed by atoms with E-state index in [0.29, 0.717) is 18.5 Å². The maximum Gasteiger partial charge on any atom is 0.251 e. The molecule has 5 nitrogen and oxygen atoms in total. The largest absolute Gasteiger partial charge is 0.488 e. The van der Waals surface area contributed by atoms with Crippen LogP contribution in [0.15, 0.2) is 71.9 Å². The molecule has 4 rings (SSSR count). The van der Waals surface area contributed by atoms with Crippen molar-refractivity contribution in [3.8, 4) is 5.75 Å². The van der Waals surface area contributed by atoms with Crippen molar-refractivity contribution >= 4 is 17.8 Å². The first-order valence-electron chi connectivity index (χ1n) is 11.6. The minimum atomic E-state index is -0.303. The Balaban J connectivity index is 1.50. The van der Waals surface area contributed by atoms with Gasteiger partial charge in [-0.1, -0.05) is 25.1 Å². The standard InChI is InChI=1S/C28H31N3O2/c1-4-20-8-11-24(12-9-20)31-19-22-18-28(2,3)33-26-13-10-21(17-25(22)26)27(32)30-16-14-23-7-5-6-15-29-23/h5-13,15,17,19,22H,4,14,16,18H2,1-3H3,(H,30,32). The van der Waals surface area contributed by atoms with Crippen LogP contribution in [-0.2, 0) is 12.8 Å². The Labute approximate surface area is 195 Å². The van der Waals surface area contributed by atoms with Crippen LogP contribution in [0.1, 0.15) is 60.3 Å². The number of carbonyl (C=O) groups excluding carboxylic acids is 1. The fourth-order valence-electron chi connectivity index (χ4n) is 4.13. The normalized spacial score (nSPS) is 16.8. The molecular weight excluding hydrogens is 410 g/mol. The monoisotopic (exact) mass is 441 g/mol. The maximum absolute atomic E-state index is 12.8. The summed E-state index contributed by atoms with van der Waals surface area (Å²) >= 11 is 0. The molecule has 0 radical (unpaired) electrons. The van der Waals surface area contributed by atoms with E-state index >= 15 is 0 Å². The van der Waals surface area contributed by atoms with Crippen molar-refractivity contribution in [2.45, 2.75) is 51.6 Å². The predicted molar refractivity (Wildman–Crippen MR) is 133 cm³/mol. The van der Waals surface area contributed by atoms with E-state index in [4.69, 9.17) is 9.73 Å². The number of nitrogens with zero attached hydrogens (tertiary/aromatic N) is 2. The number of aliphatic imine (C=N–C) groups is 1. The number of aromatic nitrogens is 1. The smallest absolute Gasteiger partial charge is 0.251 e. The summed E-state index contributed by atoms with van der Waals surface area (Å²) in [5.74, 6) is 0.786. The zero-order chi connectivity index (χ0) is 23.3. The molecule has 1 amide bonds. The molecule has 2 heterocycles. The number of pyridine rings is 1. The highest BCUT2D eigenvalue weighted by atomic mass is 16.5. The Morgan fingerprint density at radius 3 is 2.73 bits per heavy atom. The lowest BCUT2D eigenvalue weighted by Crippen LogP contribution is -2.35. The summed E-state index contributed by atoms with van der Waals surface area (Å²) in [7, 11) is 0. The minimum absolute atomic E-state index is 0.0656. The predicted octanol–water partition coefficient (Wildman–Crippen LogP) is 5.66. The van der Waals surface area contributed by atoms with Crippen LogP contribution in [0.4, 0.5) is 5.69 Å². The molecule has 33 heavy (non-hydrogen) atoms. The van der Waals surface area contributed by atoms with Gasteiger partial charge < -0.3 is 10.1 Å². The highest BCUT2D eigenvalue weighted by molar-refractivity contribution is 5.95. The number of nitrogens with one attached hydrogen (secondary N) is 1. The van der Waals surface area contributed by atoms with E-state index < -0.39 is 0 Å². The Morgan fingerprint density at radius 2 is 2.00 bits per heavy atom. The van der Waals surface area contributed by atoms with Crippen LogP contribution < -0.4 is 10.1 Å². The zero-order valence-electron chi connectivity index (χ0n) is 19.5. The first-order valence-corrected chi connectivity index (χ1v) is 11.6. The maximum atomic E-state index is 12.8. The average Bonchev–Trinajstić information content (AvgIpc) is 2.82. The summed E-state index contributed by atoms with van der Waals surface area (Å²) in [5.41, 5.74) is 4.51. The van der Waals surface area contributed by atoms with Crippen LogP contribution in [0.5, 0.6) is 5.75 Å². The molecule has 1 unspecified atom stereocenters. The summed E-state index contributed by atoms with van der Waals surface area (Å²) in [5, 5.41) is 3.00. The lowest BCUT2D eigenvalue weighted by molar-refractivity contribution is 0.0812. The molecule has 1 aliphatic heterocycles. The van der Waals surface area contributed by atoms with Crippen LogP contribution in [0.2, 0.25) is 0 Å². The van der Waals surface area contributed by atoms with Gasteiger partial charge in [0.15, 0.2) is 0 Å². The summed E-state index contributed by atoms with van der Waals surface area (Å²) < 4.78 is 6.20.